The molecule has 7 heteroatoms. The van der Waals surface area contributed by atoms with Crippen molar-refractivity contribution in [3.05, 3.63) is 0 Å². The van der Waals surface area contributed by atoms with Gasteiger partial charge in [-0.2, -0.15) is 0 Å². The Bertz CT molecular complexity index is 176. The molecule has 3 N–H and O–H groups in total. The van der Waals surface area contributed by atoms with Crippen LogP contribution in [0.25, 0.3) is 0 Å². The van der Waals surface area contributed by atoms with Crippen LogP contribution in [0.3, 0.4) is 0 Å². The number of carboxylic acids is 1. The van der Waals surface area contributed by atoms with Crippen LogP contribution >= 0.6 is 8.25 Å². The molecule has 0 fully saturated rings. The van der Waals surface area contributed by atoms with Crippen LogP contribution in [0.5, 0.6) is 0 Å². The van der Waals surface area contributed by atoms with Crippen molar-refractivity contribution in [1.29, 1.82) is 0 Å². The maximum Gasteiger partial charge on any atom is 0.692 e. The SMILES string of the molecule is CCC(F)(CC)C(=O)O.O=[P+](O)O. The Morgan fingerprint density at radius 1 is 1.38 bits per heavy atom. The molecule has 0 spiro atoms. The summed E-state index contributed by atoms with van der Waals surface area (Å²) < 4.78 is 21.5. The minimum absolute atomic E-state index is 0.0405. The van der Waals surface area contributed by atoms with Gasteiger partial charge in [0.25, 0.3) is 0 Å². The van der Waals surface area contributed by atoms with E-state index in [4.69, 9.17) is 19.5 Å². The summed E-state index contributed by atoms with van der Waals surface area (Å²) in [5, 5.41) is 8.26. The molecule has 0 aliphatic rings. The van der Waals surface area contributed by atoms with Gasteiger partial charge in [0, 0.05) is 4.57 Å². The van der Waals surface area contributed by atoms with Crippen molar-refractivity contribution in [3.8, 4) is 0 Å². The van der Waals surface area contributed by atoms with Crippen molar-refractivity contribution in [2.24, 2.45) is 0 Å². The van der Waals surface area contributed by atoms with Crippen molar-refractivity contribution < 1.29 is 28.6 Å². The first kappa shape index (κ1) is 14.9. The van der Waals surface area contributed by atoms with Crippen LogP contribution in [0, 0.1) is 0 Å². The Labute approximate surface area is 76.2 Å². The van der Waals surface area contributed by atoms with E-state index in [1.54, 1.807) is 0 Å². The largest absolute Gasteiger partial charge is 0.692 e. The summed E-state index contributed by atoms with van der Waals surface area (Å²) in [7, 11) is -2.87. The van der Waals surface area contributed by atoms with Gasteiger partial charge >= 0.3 is 14.2 Å². The van der Waals surface area contributed by atoms with E-state index in [1.807, 2.05) is 0 Å². The lowest BCUT2D eigenvalue weighted by Gasteiger charge is -2.14. The van der Waals surface area contributed by atoms with Crippen molar-refractivity contribution in [3.63, 3.8) is 0 Å². The molecule has 0 amide bonds. The molecule has 0 heterocycles. The quantitative estimate of drug-likeness (QED) is 0.615. The van der Waals surface area contributed by atoms with Gasteiger partial charge in [0.05, 0.1) is 0 Å². The summed E-state index contributed by atoms with van der Waals surface area (Å²) in [4.78, 5) is 24.3. The zero-order chi connectivity index (χ0) is 11.1. The maximum atomic E-state index is 12.8. The number of halogens is 1. The van der Waals surface area contributed by atoms with E-state index in [-0.39, 0.29) is 12.8 Å². The first-order chi connectivity index (χ1) is 5.80. The van der Waals surface area contributed by atoms with Gasteiger partial charge in [0.2, 0.25) is 5.67 Å². The van der Waals surface area contributed by atoms with Crippen LogP contribution in [-0.4, -0.2) is 26.5 Å². The standard InChI is InChI=1S/C6H11FO2.HO3P/c1-3-6(7,4-2)5(8)9;1-4(2)3/h3-4H2,1-2H3,(H,8,9);(H-,1,2,3)/p+1. The Kier molecular flexibility index (Phi) is 7.90. The van der Waals surface area contributed by atoms with Crippen LogP contribution in [0.15, 0.2) is 0 Å². The summed E-state index contributed by atoms with van der Waals surface area (Å²) >= 11 is 0. The second kappa shape index (κ2) is 6.88. The molecule has 0 aliphatic carbocycles. The Hall–Kier alpha value is -0.580. The van der Waals surface area contributed by atoms with E-state index >= 15 is 0 Å². The second-order valence-corrected chi connectivity index (χ2v) is 2.74. The molecule has 0 radical (unpaired) electrons. The number of alkyl halides is 1. The van der Waals surface area contributed by atoms with Crippen molar-refractivity contribution >= 4 is 14.2 Å². The van der Waals surface area contributed by atoms with Crippen LogP contribution in [0.1, 0.15) is 26.7 Å². The van der Waals surface area contributed by atoms with Gasteiger partial charge in [-0.1, -0.05) is 13.8 Å². The number of carbonyl (C=O) groups is 1. The fourth-order valence-electron chi connectivity index (χ4n) is 0.552. The molecule has 0 aliphatic heterocycles. The van der Waals surface area contributed by atoms with E-state index in [0.717, 1.165) is 0 Å². The monoisotopic (exact) mass is 215 g/mol. The number of rotatable bonds is 3. The van der Waals surface area contributed by atoms with Gasteiger partial charge in [-0.05, 0) is 12.8 Å². The molecule has 5 nitrogen and oxygen atoms in total. The molecule has 0 aromatic rings. The Morgan fingerprint density at radius 3 is 1.62 bits per heavy atom. The lowest BCUT2D eigenvalue weighted by atomic mass is 10.0. The Balaban J connectivity index is 0. The first-order valence-corrected chi connectivity index (χ1v) is 4.74. The fraction of sp³-hybridized carbons (Fsp3) is 0.833. The topological polar surface area (TPSA) is 94.8 Å². The average Bonchev–Trinajstić information content (AvgIpc) is 2.01. The van der Waals surface area contributed by atoms with Crippen molar-refractivity contribution in [2.75, 3.05) is 0 Å². The van der Waals surface area contributed by atoms with Gasteiger partial charge in [-0.3, -0.25) is 0 Å². The molecule has 0 saturated heterocycles. The third kappa shape index (κ3) is 7.77. The average molecular weight is 215 g/mol. The van der Waals surface area contributed by atoms with Crippen molar-refractivity contribution in [2.45, 2.75) is 32.4 Å². The van der Waals surface area contributed by atoms with E-state index in [9.17, 15) is 9.18 Å². The molecule has 13 heavy (non-hydrogen) atoms. The molecule has 0 bridgehead atoms. The lowest BCUT2D eigenvalue weighted by Crippen LogP contribution is -2.31. The fourth-order valence-corrected chi connectivity index (χ4v) is 0.552. The second-order valence-electron chi connectivity index (χ2n) is 2.23. The third-order valence-electron chi connectivity index (χ3n) is 1.50. The van der Waals surface area contributed by atoms with Crippen molar-refractivity contribution in [1.82, 2.24) is 0 Å². The minimum atomic E-state index is -2.87. The van der Waals surface area contributed by atoms with E-state index < -0.39 is 19.9 Å². The van der Waals surface area contributed by atoms with E-state index in [0.29, 0.717) is 0 Å². The molecule has 78 valence electrons. The van der Waals surface area contributed by atoms with Gasteiger partial charge in [0.15, 0.2) is 0 Å². The van der Waals surface area contributed by atoms with E-state index in [2.05, 4.69) is 0 Å². The van der Waals surface area contributed by atoms with Crippen LogP contribution in [-0.2, 0) is 9.36 Å². The highest BCUT2D eigenvalue weighted by molar-refractivity contribution is 7.30. The summed E-state index contributed by atoms with van der Waals surface area (Å²) in [6, 6.07) is 0. The zero-order valence-electron chi connectivity index (χ0n) is 7.40. The first-order valence-electron chi connectivity index (χ1n) is 3.57. The normalized spacial score (nSPS) is 9.92. The Morgan fingerprint density at radius 2 is 1.62 bits per heavy atom. The summed E-state index contributed by atoms with van der Waals surface area (Å²) in [5.74, 6) is -1.35. The van der Waals surface area contributed by atoms with Gasteiger partial charge < -0.3 is 5.11 Å². The molecule has 0 saturated carbocycles. The molecular formula is C6H13FO5P+. The van der Waals surface area contributed by atoms with Gasteiger partial charge in [-0.15, -0.1) is 9.79 Å². The van der Waals surface area contributed by atoms with E-state index in [1.165, 1.54) is 13.8 Å². The zero-order valence-corrected chi connectivity index (χ0v) is 8.29. The molecule has 0 rings (SSSR count). The highest BCUT2D eigenvalue weighted by Gasteiger charge is 2.33. The predicted molar refractivity (Wildman–Crippen MR) is 44.1 cm³/mol. The van der Waals surface area contributed by atoms with Crippen LogP contribution in [0.2, 0.25) is 0 Å². The summed E-state index contributed by atoms with van der Waals surface area (Å²) in [5.41, 5.74) is -2.00. The summed E-state index contributed by atoms with van der Waals surface area (Å²) in [6.45, 7) is 3.05. The minimum Gasteiger partial charge on any atom is -0.479 e. The lowest BCUT2D eigenvalue weighted by molar-refractivity contribution is -0.151. The third-order valence-corrected chi connectivity index (χ3v) is 1.50. The number of aliphatic carboxylic acids is 1. The summed E-state index contributed by atoms with van der Waals surface area (Å²) in [6.07, 6.45) is 0.0810. The molecule has 0 unspecified atom stereocenters. The highest BCUT2D eigenvalue weighted by Crippen LogP contribution is 2.19. The van der Waals surface area contributed by atoms with Gasteiger partial charge in [0.1, 0.15) is 0 Å². The molecule has 0 atom stereocenters. The van der Waals surface area contributed by atoms with Crippen LogP contribution < -0.4 is 0 Å². The molecule has 0 aromatic heterocycles. The van der Waals surface area contributed by atoms with Crippen LogP contribution in [0.4, 0.5) is 4.39 Å². The predicted octanol–water partition coefficient (Wildman–Crippen LogP) is 1.23. The van der Waals surface area contributed by atoms with Gasteiger partial charge in [-0.25, -0.2) is 9.18 Å². The smallest absolute Gasteiger partial charge is 0.479 e. The number of carboxylic acid groups (broad SMARTS) is 1. The molecular weight excluding hydrogens is 202 g/mol. The highest BCUT2D eigenvalue weighted by atomic mass is 31.1. The molecule has 0 aromatic carbocycles. The number of hydrogen-bond acceptors (Lipinski definition) is 2. The number of hydrogen-bond donors (Lipinski definition) is 3. The maximum absolute atomic E-state index is 12.8.